The fraction of sp³-hybridized carbons (Fsp3) is 0.400. The van der Waals surface area contributed by atoms with Crippen LogP contribution in [0.15, 0.2) is 18.2 Å². The smallest absolute Gasteiger partial charge is 0.151 e. The summed E-state index contributed by atoms with van der Waals surface area (Å²) in [5.74, 6) is -0.693. The van der Waals surface area contributed by atoms with E-state index in [2.05, 4.69) is 0 Å². The Morgan fingerprint density at radius 2 is 2.00 bits per heavy atom. The summed E-state index contributed by atoms with van der Waals surface area (Å²) in [4.78, 5) is 0. The summed E-state index contributed by atoms with van der Waals surface area (Å²) < 4.78 is 13.4. The highest BCUT2D eigenvalue weighted by Crippen LogP contribution is 2.24. The van der Waals surface area contributed by atoms with Crippen LogP contribution >= 0.6 is 0 Å². The van der Waals surface area contributed by atoms with E-state index in [-0.39, 0.29) is 24.2 Å². The molecule has 5 heteroatoms. The molecule has 0 fully saturated rings. The molecular formula is C10H15FN2O2. The van der Waals surface area contributed by atoms with E-state index in [4.69, 9.17) is 11.5 Å². The molecule has 6 N–H and O–H groups in total. The minimum absolute atomic E-state index is 0.00375. The van der Waals surface area contributed by atoms with Gasteiger partial charge in [-0.05, 0) is 19.0 Å². The Bertz CT molecular complexity index is 333. The predicted molar refractivity (Wildman–Crippen MR) is 55.5 cm³/mol. The Balaban J connectivity index is 2.90. The van der Waals surface area contributed by atoms with Crippen molar-refractivity contribution in [1.29, 1.82) is 0 Å². The molecule has 1 aromatic rings. The summed E-state index contributed by atoms with van der Waals surface area (Å²) in [6.07, 6.45) is -2.17. The number of nitrogens with two attached hydrogens (primary N) is 2. The number of aliphatic hydroxyl groups is 2. The molecule has 2 unspecified atom stereocenters. The van der Waals surface area contributed by atoms with Gasteiger partial charge in [0.25, 0.3) is 0 Å². The predicted octanol–water partition coefficient (Wildman–Crippen LogP) is 0.151. The minimum atomic E-state index is -1.29. The molecule has 1 aromatic carbocycles. The fourth-order valence-corrected chi connectivity index (χ4v) is 1.33. The highest BCUT2D eigenvalue weighted by molar-refractivity contribution is 5.43. The number of nitrogen functional groups attached to an aromatic ring is 1. The molecule has 0 bridgehead atoms. The van der Waals surface area contributed by atoms with E-state index in [1.165, 1.54) is 18.2 Å². The van der Waals surface area contributed by atoms with Crippen LogP contribution < -0.4 is 11.5 Å². The molecule has 0 aliphatic carbocycles. The van der Waals surface area contributed by atoms with Crippen LogP contribution in [0.1, 0.15) is 18.1 Å². The number of benzene rings is 1. The standard InChI is InChI=1S/C10H15FN2O2/c11-9-6(2-1-3-7(9)13)10(15)8(14)4-5-12/h1-3,8,10,14-15H,4-5,12-13H2. The summed E-state index contributed by atoms with van der Waals surface area (Å²) in [7, 11) is 0. The first kappa shape index (κ1) is 11.9. The molecule has 0 saturated carbocycles. The second-order valence-corrected chi connectivity index (χ2v) is 3.34. The summed E-state index contributed by atoms with van der Waals surface area (Å²) in [5.41, 5.74) is 10.5. The highest BCUT2D eigenvalue weighted by atomic mass is 19.1. The maximum Gasteiger partial charge on any atom is 0.151 e. The number of hydrogen-bond donors (Lipinski definition) is 4. The van der Waals surface area contributed by atoms with Crippen molar-refractivity contribution in [2.24, 2.45) is 5.73 Å². The third-order valence-corrected chi connectivity index (χ3v) is 2.20. The molecule has 4 nitrogen and oxygen atoms in total. The van der Waals surface area contributed by atoms with Crippen molar-refractivity contribution in [2.45, 2.75) is 18.6 Å². The molecule has 0 aliphatic heterocycles. The quantitative estimate of drug-likeness (QED) is 0.537. The van der Waals surface area contributed by atoms with Gasteiger partial charge < -0.3 is 21.7 Å². The average molecular weight is 214 g/mol. The Hall–Kier alpha value is -1.17. The van der Waals surface area contributed by atoms with E-state index in [0.717, 1.165) is 0 Å². The number of anilines is 1. The van der Waals surface area contributed by atoms with Crippen molar-refractivity contribution in [3.8, 4) is 0 Å². The maximum absolute atomic E-state index is 13.4. The topological polar surface area (TPSA) is 92.5 Å². The zero-order valence-electron chi connectivity index (χ0n) is 8.23. The van der Waals surface area contributed by atoms with Gasteiger partial charge in [0.1, 0.15) is 6.10 Å². The normalized spacial score (nSPS) is 14.9. The van der Waals surface area contributed by atoms with Gasteiger partial charge in [-0.15, -0.1) is 0 Å². The van der Waals surface area contributed by atoms with Gasteiger partial charge >= 0.3 is 0 Å². The Morgan fingerprint density at radius 1 is 1.33 bits per heavy atom. The highest BCUT2D eigenvalue weighted by Gasteiger charge is 2.21. The monoisotopic (exact) mass is 214 g/mol. The van der Waals surface area contributed by atoms with Gasteiger partial charge in [0.05, 0.1) is 11.8 Å². The molecule has 84 valence electrons. The first-order valence-corrected chi connectivity index (χ1v) is 4.68. The zero-order chi connectivity index (χ0) is 11.4. The lowest BCUT2D eigenvalue weighted by Crippen LogP contribution is -2.22. The molecule has 0 radical (unpaired) electrons. The first-order chi connectivity index (χ1) is 7.07. The summed E-state index contributed by atoms with van der Waals surface area (Å²) in [5, 5.41) is 19.1. The van der Waals surface area contributed by atoms with Gasteiger partial charge in [0.2, 0.25) is 0 Å². The SMILES string of the molecule is NCCC(O)C(O)c1cccc(N)c1F. The van der Waals surface area contributed by atoms with Crippen LogP contribution in [-0.4, -0.2) is 22.9 Å². The molecule has 1 rings (SSSR count). The lowest BCUT2D eigenvalue weighted by atomic mass is 10.0. The van der Waals surface area contributed by atoms with Crippen LogP contribution in [-0.2, 0) is 0 Å². The van der Waals surface area contributed by atoms with E-state index in [1.807, 2.05) is 0 Å². The van der Waals surface area contributed by atoms with Gasteiger partial charge in [0.15, 0.2) is 5.82 Å². The molecule has 0 spiro atoms. The van der Waals surface area contributed by atoms with Gasteiger partial charge in [-0.1, -0.05) is 12.1 Å². The Morgan fingerprint density at radius 3 is 2.60 bits per heavy atom. The lowest BCUT2D eigenvalue weighted by molar-refractivity contribution is 0.0130. The third kappa shape index (κ3) is 2.65. The molecule has 0 aliphatic rings. The fourth-order valence-electron chi connectivity index (χ4n) is 1.33. The number of halogens is 1. The van der Waals surface area contributed by atoms with Crippen molar-refractivity contribution < 1.29 is 14.6 Å². The van der Waals surface area contributed by atoms with Crippen LogP contribution in [0.2, 0.25) is 0 Å². The van der Waals surface area contributed by atoms with Crippen molar-refractivity contribution in [3.05, 3.63) is 29.6 Å². The van der Waals surface area contributed by atoms with Gasteiger partial charge in [-0.3, -0.25) is 0 Å². The van der Waals surface area contributed by atoms with Crippen LogP contribution in [0.4, 0.5) is 10.1 Å². The second kappa shape index (κ2) is 5.06. The van der Waals surface area contributed by atoms with Crippen LogP contribution in [0, 0.1) is 5.82 Å². The molecule has 0 saturated heterocycles. The van der Waals surface area contributed by atoms with Crippen molar-refractivity contribution in [2.75, 3.05) is 12.3 Å². The molecule has 15 heavy (non-hydrogen) atoms. The molecule has 0 aromatic heterocycles. The average Bonchev–Trinajstić information content (AvgIpc) is 2.21. The maximum atomic E-state index is 13.4. The van der Waals surface area contributed by atoms with E-state index in [1.54, 1.807) is 0 Å². The van der Waals surface area contributed by atoms with Crippen molar-refractivity contribution >= 4 is 5.69 Å². The lowest BCUT2D eigenvalue weighted by Gasteiger charge is -2.18. The van der Waals surface area contributed by atoms with Crippen LogP contribution in [0.3, 0.4) is 0 Å². The van der Waals surface area contributed by atoms with E-state index in [0.29, 0.717) is 0 Å². The van der Waals surface area contributed by atoms with Gasteiger partial charge in [-0.2, -0.15) is 0 Å². The molecule has 2 atom stereocenters. The molecule has 0 amide bonds. The minimum Gasteiger partial charge on any atom is -0.396 e. The Labute approximate surface area is 87.3 Å². The largest absolute Gasteiger partial charge is 0.396 e. The van der Waals surface area contributed by atoms with Gasteiger partial charge in [-0.25, -0.2) is 4.39 Å². The number of rotatable bonds is 4. The number of aliphatic hydroxyl groups excluding tert-OH is 2. The number of hydrogen-bond acceptors (Lipinski definition) is 4. The summed E-state index contributed by atoms with van der Waals surface area (Å²) >= 11 is 0. The van der Waals surface area contributed by atoms with E-state index < -0.39 is 18.0 Å². The summed E-state index contributed by atoms with van der Waals surface area (Å²) in [6, 6.07) is 4.29. The van der Waals surface area contributed by atoms with E-state index in [9.17, 15) is 14.6 Å². The van der Waals surface area contributed by atoms with Crippen molar-refractivity contribution in [3.63, 3.8) is 0 Å². The Kier molecular flexibility index (Phi) is 4.02. The van der Waals surface area contributed by atoms with Crippen molar-refractivity contribution in [1.82, 2.24) is 0 Å². The molecular weight excluding hydrogens is 199 g/mol. The summed E-state index contributed by atoms with van der Waals surface area (Å²) in [6.45, 7) is 0.224. The molecule has 0 heterocycles. The van der Waals surface area contributed by atoms with Crippen LogP contribution in [0.5, 0.6) is 0 Å². The first-order valence-electron chi connectivity index (χ1n) is 4.68. The van der Waals surface area contributed by atoms with Crippen LogP contribution in [0.25, 0.3) is 0 Å². The third-order valence-electron chi connectivity index (χ3n) is 2.20. The zero-order valence-corrected chi connectivity index (χ0v) is 8.23. The van der Waals surface area contributed by atoms with E-state index >= 15 is 0 Å². The van der Waals surface area contributed by atoms with Gasteiger partial charge in [0, 0.05) is 5.56 Å². The second-order valence-electron chi connectivity index (χ2n) is 3.34.